The Morgan fingerprint density at radius 2 is 1.45 bits per heavy atom. The van der Waals surface area contributed by atoms with Crippen LogP contribution in [-0.4, -0.2) is 0 Å². The summed E-state index contributed by atoms with van der Waals surface area (Å²) in [6.45, 7) is 4.43. The second-order valence-electron chi connectivity index (χ2n) is 6.00. The van der Waals surface area contributed by atoms with Crippen molar-refractivity contribution in [2.75, 3.05) is 5.32 Å². The van der Waals surface area contributed by atoms with Crippen molar-refractivity contribution in [3.05, 3.63) is 89.0 Å². The Balaban J connectivity index is 1.90. The second-order valence-corrected chi connectivity index (χ2v) is 6.00. The molecule has 0 amide bonds. The fraction of sp³-hybridized carbons (Fsp3) is 0.143. The number of aryl methyl sites for hydroxylation is 1. The lowest BCUT2D eigenvalue weighted by molar-refractivity contribution is 0.956. The van der Waals surface area contributed by atoms with Gasteiger partial charge >= 0.3 is 0 Å². The highest BCUT2D eigenvalue weighted by Gasteiger charge is 2.30. The minimum atomic E-state index is 0.230. The lowest BCUT2D eigenvalue weighted by Gasteiger charge is -2.20. The molecule has 0 saturated carbocycles. The van der Waals surface area contributed by atoms with Crippen LogP contribution in [0.4, 0.5) is 5.69 Å². The van der Waals surface area contributed by atoms with Crippen molar-refractivity contribution in [1.82, 2.24) is 0 Å². The number of para-hydroxylation sites is 1. The molecule has 0 aliphatic heterocycles. The third kappa shape index (κ3) is 1.93. The molecular formula is C21H19N. The average molecular weight is 285 g/mol. The van der Waals surface area contributed by atoms with Gasteiger partial charge in [-0.05, 0) is 59.4 Å². The van der Waals surface area contributed by atoms with Gasteiger partial charge in [0.15, 0.2) is 0 Å². The van der Waals surface area contributed by atoms with Gasteiger partial charge in [-0.2, -0.15) is 0 Å². The molecule has 0 aromatic heterocycles. The smallest absolute Gasteiger partial charge is 0.0782 e. The molecule has 0 spiro atoms. The number of hydrogen-bond donors (Lipinski definition) is 1. The van der Waals surface area contributed by atoms with Crippen LogP contribution in [0, 0.1) is 13.8 Å². The molecular weight excluding hydrogens is 266 g/mol. The first-order valence-corrected chi connectivity index (χ1v) is 7.76. The molecule has 22 heavy (non-hydrogen) atoms. The van der Waals surface area contributed by atoms with Gasteiger partial charge < -0.3 is 5.32 Å². The largest absolute Gasteiger partial charge is 0.374 e. The molecule has 0 saturated heterocycles. The van der Waals surface area contributed by atoms with E-state index < -0.39 is 0 Å². The summed E-state index contributed by atoms with van der Waals surface area (Å²) < 4.78 is 0. The van der Waals surface area contributed by atoms with E-state index >= 15 is 0 Å². The summed E-state index contributed by atoms with van der Waals surface area (Å²) in [6, 6.07) is 23.9. The Labute approximate surface area is 131 Å². The number of fused-ring (bicyclic) bond motifs is 3. The van der Waals surface area contributed by atoms with Crippen LogP contribution in [-0.2, 0) is 0 Å². The van der Waals surface area contributed by atoms with E-state index in [9.17, 15) is 0 Å². The molecule has 1 aliphatic rings. The standard InChI is InChI=1S/C21H19N/c1-14-12-13-18-17-10-6-7-11-19(17)21(20(18)15(14)2)22-16-8-4-3-5-9-16/h3-13,21-22H,1-2H3. The van der Waals surface area contributed by atoms with Crippen molar-refractivity contribution in [2.24, 2.45) is 0 Å². The number of nitrogens with one attached hydrogen (secondary N) is 1. The first-order valence-electron chi connectivity index (χ1n) is 7.76. The molecule has 0 bridgehead atoms. The molecule has 0 radical (unpaired) electrons. The zero-order valence-corrected chi connectivity index (χ0v) is 12.9. The summed E-state index contributed by atoms with van der Waals surface area (Å²) in [4.78, 5) is 0. The van der Waals surface area contributed by atoms with Crippen LogP contribution in [0.3, 0.4) is 0 Å². The molecule has 1 heteroatoms. The number of rotatable bonds is 2. The number of anilines is 1. The van der Waals surface area contributed by atoms with Gasteiger partial charge in [0.25, 0.3) is 0 Å². The second kappa shape index (κ2) is 5.03. The molecule has 1 aliphatic carbocycles. The molecule has 1 unspecified atom stereocenters. The summed E-state index contributed by atoms with van der Waals surface area (Å²) in [6.07, 6.45) is 0. The highest BCUT2D eigenvalue weighted by molar-refractivity contribution is 5.81. The molecule has 3 aromatic rings. The third-order valence-electron chi connectivity index (χ3n) is 4.72. The van der Waals surface area contributed by atoms with E-state index in [0.717, 1.165) is 5.69 Å². The molecule has 1 nitrogen and oxygen atoms in total. The van der Waals surface area contributed by atoms with Gasteiger partial charge in [0.2, 0.25) is 0 Å². The van der Waals surface area contributed by atoms with Crippen LogP contribution >= 0.6 is 0 Å². The quantitative estimate of drug-likeness (QED) is 0.657. The summed E-state index contributed by atoms with van der Waals surface area (Å²) in [5.74, 6) is 0. The van der Waals surface area contributed by atoms with Crippen molar-refractivity contribution in [1.29, 1.82) is 0 Å². The molecule has 0 heterocycles. The maximum absolute atomic E-state index is 3.72. The molecule has 3 aromatic carbocycles. The van der Waals surface area contributed by atoms with Crippen LogP contribution in [0.1, 0.15) is 28.3 Å². The molecule has 4 rings (SSSR count). The molecule has 108 valence electrons. The highest BCUT2D eigenvalue weighted by Crippen LogP contribution is 2.46. The first-order chi connectivity index (χ1) is 10.8. The molecule has 1 atom stereocenters. The average Bonchev–Trinajstić information content (AvgIpc) is 2.87. The van der Waals surface area contributed by atoms with E-state index in [1.165, 1.54) is 33.4 Å². The predicted octanol–water partition coefficient (Wildman–Crippen LogP) is 5.49. The zero-order chi connectivity index (χ0) is 15.1. The normalized spacial score (nSPS) is 15.3. The minimum absolute atomic E-state index is 0.230. The zero-order valence-electron chi connectivity index (χ0n) is 12.9. The fourth-order valence-corrected chi connectivity index (χ4v) is 3.44. The van der Waals surface area contributed by atoms with Crippen LogP contribution in [0.15, 0.2) is 66.7 Å². The fourth-order valence-electron chi connectivity index (χ4n) is 3.44. The van der Waals surface area contributed by atoms with Gasteiger partial charge in [0, 0.05) is 5.69 Å². The Morgan fingerprint density at radius 3 is 2.27 bits per heavy atom. The predicted molar refractivity (Wildman–Crippen MR) is 93.3 cm³/mol. The van der Waals surface area contributed by atoms with Gasteiger partial charge in [0.1, 0.15) is 0 Å². The lowest BCUT2D eigenvalue weighted by Crippen LogP contribution is -2.11. The Hall–Kier alpha value is -2.54. The maximum atomic E-state index is 3.72. The van der Waals surface area contributed by atoms with Crippen molar-refractivity contribution < 1.29 is 0 Å². The van der Waals surface area contributed by atoms with Crippen molar-refractivity contribution in [3.63, 3.8) is 0 Å². The Kier molecular flexibility index (Phi) is 3.00. The van der Waals surface area contributed by atoms with E-state index in [0.29, 0.717) is 0 Å². The van der Waals surface area contributed by atoms with Crippen molar-refractivity contribution in [3.8, 4) is 11.1 Å². The maximum Gasteiger partial charge on any atom is 0.0782 e. The van der Waals surface area contributed by atoms with Crippen LogP contribution in [0.25, 0.3) is 11.1 Å². The Morgan fingerprint density at radius 1 is 0.727 bits per heavy atom. The number of benzene rings is 3. The van der Waals surface area contributed by atoms with E-state index in [4.69, 9.17) is 0 Å². The van der Waals surface area contributed by atoms with E-state index in [2.05, 4.69) is 85.9 Å². The molecule has 1 N–H and O–H groups in total. The van der Waals surface area contributed by atoms with Crippen molar-refractivity contribution >= 4 is 5.69 Å². The van der Waals surface area contributed by atoms with Gasteiger partial charge in [-0.15, -0.1) is 0 Å². The van der Waals surface area contributed by atoms with Crippen LogP contribution in [0.2, 0.25) is 0 Å². The van der Waals surface area contributed by atoms with Crippen LogP contribution in [0.5, 0.6) is 0 Å². The van der Waals surface area contributed by atoms with E-state index in [1.807, 2.05) is 0 Å². The lowest BCUT2D eigenvalue weighted by atomic mass is 9.96. The summed E-state index contributed by atoms with van der Waals surface area (Å²) in [5, 5.41) is 3.72. The summed E-state index contributed by atoms with van der Waals surface area (Å²) in [7, 11) is 0. The summed E-state index contributed by atoms with van der Waals surface area (Å²) in [5.41, 5.74) is 9.42. The molecule has 0 fully saturated rings. The van der Waals surface area contributed by atoms with E-state index in [1.54, 1.807) is 0 Å². The van der Waals surface area contributed by atoms with Gasteiger partial charge in [-0.3, -0.25) is 0 Å². The van der Waals surface area contributed by atoms with Crippen molar-refractivity contribution in [2.45, 2.75) is 19.9 Å². The number of hydrogen-bond acceptors (Lipinski definition) is 1. The monoisotopic (exact) mass is 285 g/mol. The minimum Gasteiger partial charge on any atom is -0.374 e. The third-order valence-corrected chi connectivity index (χ3v) is 4.72. The highest BCUT2D eigenvalue weighted by atomic mass is 14.9. The van der Waals surface area contributed by atoms with Gasteiger partial charge in [-0.25, -0.2) is 0 Å². The van der Waals surface area contributed by atoms with Gasteiger partial charge in [0.05, 0.1) is 6.04 Å². The topological polar surface area (TPSA) is 12.0 Å². The van der Waals surface area contributed by atoms with Gasteiger partial charge in [-0.1, -0.05) is 54.6 Å². The Bertz CT molecular complexity index is 834. The first kappa shape index (κ1) is 13.1. The van der Waals surface area contributed by atoms with E-state index in [-0.39, 0.29) is 6.04 Å². The SMILES string of the molecule is Cc1ccc2c(c1C)C(Nc1ccccc1)c1ccccc1-2. The summed E-state index contributed by atoms with van der Waals surface area (Å²) >= 11 is 0. The van der Waals surface area contributed by atoms with Crippen LogP contribution < -0.4 is 5.32 Å².